The average molecular weight is 346 g/mol. The van der Waals surface area contributed by atoms with Crippen molar-refractivity contribution in [3.8, 4) is 0 Å². The van der Waals surface area contributed by atoms with E-state index in [1.54, 1.807) is 17.5 Å². The third-order valence-electron chi connectivity index (χ3n) is 3.77. The fourth-order valence-corrected chi connectivity index (χ4v) is 3.31. The number of ether oxygens (including phenoxy) is 1. The number of carbonyl (C=O) groups excluding carboxylic acids is 1. The highest BCUT2D eigenvalue weighted by atomic mass is 32.1. The minimum Gasteiger partial charge on any atom is -0.378 e. The van der Waals surface area contributed by atoms with Gasteiger partial charge in [-0.2, -0.15) is 0 Å². The van der Waals surface area contributed by atoms with Crippen molar-refractivity contribution < 1.29 is 9.53 Å². The van der Waals surface area contributed by atoms with Crippen LogP contribution in [0.15, 0.2) is 23.7 Å². The molecule has 0 unspecified atom stereocenters. The van der Waals surface area contributed by atoms with E-state index in [9.17, 15) is 4.79 Å². The molecule has 0 radical (unpaired) electrons. The van der Waals surface area contributed by atoms with Gasteiger partial charge < -0.3 is 15.0 Å². The Labute approximate surface area is 145 Å². The van der Waals surface area contributed by atoms with Gasteiger partial charge in [-0.25, -0.2) is 9.97 Å². The Balaban J connectivity index is 1.55. The Bertz CT molecular complexity index is 678. The maximum Gasteiger partial charge on any atom is 0.230 e. The average Bonchev–Trinajstić information content (AvgIpc) is 3.05. The Morgan fingerprint density at radius 2 is 2.17 bits per heavy atom. The van der Waals surface area contributed by atoms with Crippen LogP contribution in [0.1, 0.15) is 30.5 Å². The number of pyridine rings is 1. The van der Waals surface area contributed by atoms with Gasteiger partial charge in [-0.1, -0.05) is 13.8 Å². The minimum atomic E-state index is -0.0727. The number of thiazole rings is 1. The lowest BCUT2D eigenvalue weighted by Gasteiger charge is -2.27. The predicted octanol–water partition coefficient (Wildman–Crippen LogP) is 2.68. The first-order chi connectivity index (χ1) is 11.6. The van der Waals surface area contributed by atoms with Crippen LogP contribution in [0.3, 0.4) is 0 Å². The largest absolute Gasteiger partial charge is 0.378 e. The van der Waals surface area contributed by atoms with Crippen molar-refractivity contribution in [2.45, 2.75) is 26.2 Å². The van der Waals surface area contributed by atoms with Crippen LogP contribution < -0.4 is 10.2 Å². The number of morpholine rings is 1. The Morgan fingerprint density at radius 1 is 1.38 bits per heavy atom. The van der Waals surface area contributed by atoms with Crippen LogP contribution >= 0.6 is 11.3 Å². The summed E-state index contributed by atoms with van der Waals surface area (Å²) in [5.74, 6) is 1.23. The summed E-state index contributed by atoms with van der Waals surface area (Å²) in [5.41, 5.74) is 1.52. The molecule has 3 heterocycles. The molecule has 0 aliphatic carbocycles. The Kier molecular flexibility index (Phi) is 5.42. The molecule has 2 aromatic heterocycles. The highest BCUT2D eigenvalue weighted by Gasteiger charge is 2.13. The molecule has 0 bridgehead atoms. The van der Waals surface area contributed by atoms with Gasteiger partial charge >= 0.3 is 0 Å². The van der Waals surface area contributed by atoms with Crippen molar-refractivity contribution in [1.82, 2.24) is 9.97 Å². The minimum absolute atomic E-state index is 0.0727. The van der Waals surface area contributed by atoms with E-state index in [0.29, 0.717) is 11.6 Å². The number of hydrogen-bond acceptors (Lipinski definition) is 6. The maximum atomic E-state index is 12.1. The fraction of sp³-hybridized carbons (Fsp3) is 0.471. The van der Waals surface area contributed by atoms with Gasteiger partial charge in [-0.3, -0.25) is 4.79 Å². The van der Waals surface area contributed by atoms with Gasteiger partial charge in [0.25, 0.3) is 0 Å². The van der Waals surface area contributed by atoms with E-state index in [1.807, 2.05) is 17.5 Å². The molecule has 0 aromatic carbocycles. The van der Waals surface area contributed by atoms with Crippen LogP contribution in [0, 0.1) is 0 Å². The lowest BCUT2D eigenvalue weighted by Crippen LogP contribution is -2.36. The maximum absolute atomic E-state index is 12.1. The zero-order valence-electron chi connectivity index (χ0n) is 14.0. The Hall–Kier alpha value is -1.99. The van der Waals surface area contributed by atoms with Crippen molar-refractivity contribution >= 4 is 28.7 Å². The monoisotopic (exact) mass is 346 g/mol. The standard InChI is InChI=1S/C17H22N4O2S/c1-12(2)17-20-14(11-24-17)9-16(22)19-13-3-4-15(18-10-13)21-5-7-23-8-6-21/h3-4,10-12H,5-9H2,1-2H3,(H,19,22). The van der Waals surface area contributed by atoms with Crippen molar-refractivity contribution in [3.05, 3.63) is 34.4 Å². The zero-order chi connectivity index (χ0) is 16.9. The molecule has 6 nitrogen and oxygen atoms in total. The summed E-state index contributed by atoms with van der Waals surface area (Å²) >= 11 is 1.60. The van der Waals surface area contributed by atoms with Crippen LogP contribution in [0.4, 0.5) is 11.5 Å². The first-order valence-electron chi connectivity index (χ1n) is 8.14. The van der Waals surface area contributed by atoms with Crippen LogP contribution in [0.2, 0.25) is 0 Å². The van der Waals surface area contributed by atoms with Gasteiger partial charge in [0.2, 0.25) is 5.91 Å². The molecule has 1 aliphatic rings. The number of nitrogens with zero attached hydrogens (tertiary/aromatic N) is 3. The normalized spacial score (nSPS) is 14.9. The number of hydrogen-bond donors (Lipinski definition) is 1. The van der Waals surface area contributed by atoms with Gasteiger partial charge in [0.15, 0.2) is 0 Å². The molecule has 24 heavy (non-hydrogen) atoms. The molecular weight excluding hydrogens is 324 g/mol. The third kappa shape index (κ3) is 4.30. The van der Waals surface area contributed by atoms with E-state index in [0.717, 1.165) is 42.8 Å². The van der Waals surface area contributed by atoms with Crippen LogP contribution in [-0.2, 0) is 16.0 Å². The smallest absolute Gasteiger partial charge is 0.230 e. The number of amides is 1. The first kappa shape index (κ1) is 16.9. The van der Waals surface area contributed by atoms with Crippen molar-refractivity contribution in [2.24, 2.45) is 0 Å². The molecule has 2 aromatic rings. The lowest BCUT2D eigenvalue weighted by molar-refractivity contribution is -0.115. The topological polar surface area (TPSA) is 67.4 Å². The van der Waals surface area contributed by atoms with E-state index < -0.39 is 0 Å². The number of nitrogens with one attached hydrogen (secondary N) is 1. The molecule has 1 amide bonds. The summed E-state index contributed by atoms with van der Waals surface area (Å²) in [6, 6.07) is 3.82. The number of anilines is 2. The number of aromatic nitrogens is 2. The zero-order valence-corrected chi connectivity index (χ0v) is 14.8. The van der Waals surface area contributed by atoms with Gasteiger partial charge in [0.05, 0.1) is 42.2 Å². The van der Waals surface area contributed by atoms with Gasteiger partial charge in [0, 0.05) is 24.4 Å². The highest BCUT2D eigenvalue weighted by Crippen LogP contribution is 2.20. The van der Waals surface area contributed by atoms with Gasteiger partial charge in [-0.05, 0) is 12.1 Å². The van der Waals surface area contributed by atoms with Crippen molar-refractivity contribution in [2.75, 3.05) is 36.5 Å². The van der Waals surface area contributed by atoms with E-state index in [1.165, 1.54) is 0 Å². The van der Waals surface area contributed by atoms with E-state index in [2.05, 4.69) is 34.0 Å². The van der Waals surface area contributed by atoms with E-state index in [4.69, 9.17) is 4.74 Å². The van der Waals surface area contributed by atoms with Crippen LogP contribution in [0.5, 0.6) is 0 Å². The van der Waals surface area contributed by atoms with E-state index >= 15 is 0 Å². The molecule has 128 valence electrons. The summed E-state index contributed by atoms with van der Waals surface area (Å²) in [7, 11) is 0. The summed E-state index contributed by atoms with van der Waals surface area (Å²) in [5, 5.41) is 5.90. The lowest BCUT2D eigenvalue weighted by atomic mass is 10.2. The van der Waals surface area contributed by atoms with Gasteiger partial charge in [-0.15, -0.1) is 11.3 Å². The number of carbonyl (C=O) groups is 1. The molecule has 1 fully saturated rings. The SMILES string of the molecule is CC(C)c1nc(CC(=O)Nc2ccc(N3CCOCC3)nc2)cs1. The summed E-state index contributed by atoms with van der Waals surface area (Å²) in [4.78, 5) is 23.2. The molecule has 0 spiro atoms. The second kappa shape index (κ2) is 7.72. The fourth-order valence-electron chi connectivity index (χ4n) is 2.48. The molecular formula is C17H22N4O2S. The molecule has 1 N–H and O–H groups in total. The molecule has 1 saturated heterocycles. The highest BCUT2D eigenvalue weighted by molar-refractivity contribution is 7.09. The van der Waals surface area contributed by atoms with Crippen molar-refractivity contribution in [3.63, 3.8) is 0 Å². The summed E-state index contributed by atoms with van der Waals surface area (Å²) in [6.07, 6.45) is 1.98. The Morgan fingerprint density at radius 3 is 2.79 bits per heavy atom. The molecule has 3 rings (SSSR count). The summed E-state index contributed by atoms with van der Waals surface area (Å²) in [6.45, 7) is 7.36. The van der Waals surface area contributed by atoms with Gasteiger partial charge in [0.1, 0.15) is 5.82 Å². The molecule has 0 saturated carbocycles. The molecule has 1 aliphatic heterocycles. The van der Waals surface area contributed by atoms with E-state index in [-0.39, 0.29) is 12.3 Å². The van der Waals surface area contributed by atoms with Crippen molar-refractivity contribution in [1.29, 1.82) is 0 Å². The predicted molar refractivity (Wildman–Crippen MR) is 95.8 cm³/mol. The molecule has 7 heteroatoms. The first-order valence-corrected chi connectivity index (χ1v) is 9.02. The quantitative estimate of drug-likeness (QED) is 0.901. The summed E-state index contributed by atoms with van der Waals surface area (Å²) < 4.78 is 5.34. The van der Waals surface area contributed by atoms with Crippen LogP contribution in [0.25, 0.3) is 0 Å². The van der Waals surface area contributed by atoms with Crippen LogP contribution in [-0.4, -0.2) is 42.2 Å². The molecule has 0 atom stereocenters. The number of rotatable bonds is 5. The second-order valence-corrected chi connectivity index (χ2v) is 6.95. The second-order valence-electron chi connectivity index (χ2n) is 6.06. The third-order valence-corrected chi connectivity index (χ3v) is 4.97.